The molecule has 2 N–H and O–H groups in total. The van der Waals surface area contributed by atoms with Crippen molar-refractivity contribution >= 4 is 17.0 Å². The number of aryl methyl sites for hydroxylation is 3. The second-order valence-corrected chi connectivity index (χ2v) is 6.16. The molecule has 0 unspecified atom stereocenters. The molecule has 21 heavy (non-hydrogen) atoms. The molecule has 0 atom stereocenters. The molecule has 0 spiro atoms. The molecule has 0 amide bonds. The summed E-state index contributed by atoms with van der Waals surface area (Å²) in [5.74, 6) is 0. The highest BCUT2D eigenvalue weighted by Gasteiger charge is 2.07. The van der Waals surface area contributed by atoms with E-state index in [1.807, 2.05) is 20.8 Å². The van der Waals surface area contributed by atoms with Crippen LogP contribution in [0.3, 0.4) is 0 Å². The maximum atomic E-state index is 4.54. The first kappa shape index (κ1) is 13.8. The number of anilines is 1. The van der Waals surface area contributed by atoms with E-state index in [4.69, 9.17) is 0 Å². The van der Waals surface area contributed by atoms with Gasteiger partial charge < -0.3 is 5.32 Å². The molecule has 0 saturated heterocycles. The fourth-order valence-corrected chi connectivity index (χ4v) is 2.93. The molecule has 0 radical (unpaired) electrons. The van der Waals surface area contributed by atoms with Gasteiger partial charge >= 0.3 is 0 Å². The van der Waals surface area contributed by atoms with Gasteiger partial charge in [0.05, 0.1) is 16.4 Å². The zero-order chi connectivity index (χ0) is 14.8. The van der Waals surface area contributed by atoms with Gasteiger partial charge in [-0.05, 0) is 32.9 Å². The van der Waals surface area contributed by atoms with E-state index in [0.717, 1.165) is 39.9 Å². The molecule has 0 aliphatic heterocycles. The largest absolute Gasteiger partial charge is 0.381 e. The summed E-state index contributed by atoms with van der Waals surface area (Å²) in [6.45, 7) is 6.87. The summed E-state index contributed by atoms with van der Waals surface area (Å²) in [5, 5.41) is 13.9. The van der Waals surface area contributed by atoms with Crippen molar-refractivity contribution < 1.29 is 0 Å². The first-order valence-electron chi connectivity index (χ1n) is 6.90. The van der Waals surface area contributed by atoms with E-state index in [1.54, 1.807) is 11.3 Å². The highest BCUT2D eigenvalue weighted by atomic mass is 32.1. The number of hydrogen-bond acceptors (Lipinski definition) is 4. The predicted molar refractivity (Wildman–Crippen MR) is 87.7 cm³/mol. The van der Waals surface area contributed by atoms with Crippen LogP contribution in [-0.4, -0.2) is 15.2 Å². The van der Waals surface area contributed by atoms with Crippen LogP contribution in [0.4, 0.5) is 5.69 Å². The Kier molecular flexibility index (Phi) is 3.75. The van der Waals surface area contributed by atoms with Gasteiger partial charge in [-0.15, -0.1) is 11.3 Å². The van der Waals surface area contributed by atoms with Crippen LogP contribution in [0, 0.1) is 20.8 Å². The molecule has 5 heteroatoms. The quantitative estimate of drug-likeness (QED) is 0.763. The van der Waals surface area contributed by atoms with Crippen molar-refractivity contribution in [1.82, 2.24) is 15.2 Å². The molecular weight excluding hydrogens is 280 g/mol. The Morgan fingerprint density at radius 2 is 2.10 bits per heavy atom. The molecule has 1 aromatic carbocycles. The zero-order valence-electron chi connectivity index (χ0n) is 12.4. The first-order valence-corrected chi connectivity index (χ1v) is 7.78. The minimum atomic E-state index is 0.772. The maximum Gasteiger partial charge on any atom is 0.0901 e. The molecule has 2 heterocycles. The third kappa shape index (κ3) is 2.97. The van der Waals surface area contributed by atoms with E-state index < -0.39 is 0 Å². The summed E-state index contributed by atoms with van der Waals surface area (Å²) >= 11 is 1.68. The molecule has 0 aliphatic rings. The van der Waals surface area contributed by atoms with Crippen LogP contribution >= 0.6 is 11.3 Å². The van der Waals surface area contributed by atoms with E-state index in [2.05, 4.69) is 50.1 Å². The topological polar surface area (TPSA) is 53.6 Å². The number of nitrogens with zero attached hydrogens (tertiary/aromatic N) is 2. The van der Waals surface area contributed by atoms with E-state index >= 15 is 0 Å². The van der Waals surface area contributed by atoms with Crippen molar-refractivity contribution in [2.45, 2.75) is 27.3 Å². The summed E-state index contributed by atoms with van der Waals surface area (Å²) < 4.78 is 0. The molecular formula is C16H18N4S. The van der Waals surface area contributed by atoms with Crippen LogP contribution < -0.4 is 5.32 Å². The van der Waals surface area contributed by atoms with Gasteiger partial charge in [0.25, 0.3) is 0 Å². The number of aromatic amines is 1. The predicted octanol–water partition coefficient (Wildman–Crippen LogP) is 4.07. The van der Waals surface area contributed by atoms with Gasteiger partial charge in [0.1, 0.15) is 0 Å². The average molecular weight is 298 g/mol. The molecule has 3 rings (SSSR count). The van der Waals surface area contributed by atoms with Gasteiger partial charge in [-0.3, -0.25) is 5.10 Å². The minimum Gasteiger partial charge on any atom is -0.381 e. The lowest BCUT2D eigenvalue weighted by molar-refractivity contribution is 1.02. The second kappa shape index (κ2) is 5.69. The summed E-state index contributed by atoms with van der Waals surface area (Å²) in [4.78, 5) is 4.54. The second-order valence-electron chi connectivity index (χ2n) is 5.10. The fraction of sp³-hybridized carbons (Fsp3) is 0.250. The fourth-order valence-electron chi connectivity index (χ4n) is 2.31. The van der Waals surface area contributed by atoms with Gasteiger partial charge in [-0.1, -0.05) is 12.1 Å². The Bertz CT molecular complexity index is 738. The lowest BCUT2D eigenvalue weighted by Gasteiger charge is -2.08. The van der Waals surface area contributed by atoms with E-state index in [9.17, 15) is 0 Å². The molecule has 3 aromatic rings. The van der Waals surface area contributed by atoms with Crippen LogP contribution in [0.5, 0.6) is 0 Å². The van der Waals surface area contributed by atoms with Crippen LogP contribution in [0.15, 0.2) is 29.6 Å². The van der Waals surface area contributed by atoms with Crippen molar-refractivity contribution in [2.75, 3.05) is 5.32 Å². The normalized spacial score (nSPS) is 10.8. The van der Waals surface area contributed by atoms with Crippen LogP contribution in [-0.2, 0) is 6.54 Å². The number of rotatable bonds is 4. The van der Waals surface area contributed by atoms with Crippen molar-refractivity contribution in [2.24, 2.45) is 0 Å². The highest BCUT2D eigenvalue weighted by Crippen LogP contribution is 2.24. The number of H-pyrrole nitrogens is 1. The van der Waals surface area contributed by atoms with Gasteiger partial charge in [0, 0.05) is 34.4 Å². The Labute approximate surface area is 128 Å². The van der Waals surface area contributed by atoms with Gasteiger partial charge in [0.2, 0.25) is 0 Å². The third-order valence-corrected chi connectivity index (χ3v) is 4.30. The highest BCUT2D eigenvalue weighted by molar-refractivity contribution is 7.09. The summed E-state index contributed by atoms with van der Waals surface area (Å²) in [5.41, 5.74) is 6.67. The minimum absolute atomic E-state index is 0.772. The van der Waals surface area contributed by atoms with Crippen molar-refractivity contribution in [3.8, 4) is 11.3 Å². The van der Waals surface area contributed by atoms with Crippen LogP contribution in [0.2, 0.25) is 0 Å². The maximum absolute atomic E-state index is 4.54. The smallest absolute Gasteiger partial charge is 0.0901 e. The molecule has 0 bridgehead atoms. The zero-order valence-corrected chi connectivity index (χ0v) is 13.2. The average Bonchev–Trinajstić information content (AvgIpc) is 3.04. The molecule has 108 valence electrons. The Balaban J connectivity index is 1.78. The molecule has 0 aliphatic carbocycles. The van der Waals surface area contributed by atoms with Crippen LogP contribution in [0.1, 0.15) is 22.0 Å². The Morgan fingerprint density at radius 1 is 1.24 bits per heavy atom. The van der Waals surface area contributed by atoms with Gasteiger partial charge in [-0.2, -0.15) is 5.10 Å². The van der Waals surface area contributed by atoms with Gasteiger partial charge in [-0.25, -0.2) is 4.98 Å². The molecule has 0 saturated carbocycles. The molecule has 2 aromatic heterocycles. The van der Waals surface area contributed by atoms with Crippen molar-refractivity contribution in [3.05, 3.63) is 51.6 Å². The third-order valence-electron chi connectivity index (χ3n) is 3.53. The lowest BCUT2D eigenvalue weighted by atomic mass is 10.1. The van der Waals surface area contributed by atoms with Gasteiger partial charge in [0.15, 0.2) is 0 Å². The summed E-state index contributed by atoms with van der Waals surface area (Å²) in [6, 6.07) is 8.36. The number of nitrogens with one attached hydrogen (secondary N) is 2. The molecule has 4 nitrogen and oxygen atoms in total. The van der Waals surface area contributed by atoms with E-state index in [-0.39, 0.29) is 0 Å². The lowest BCUT2D eigenvalue weighted by Crippen LogP contribution is -2.01. The monoisotopic (exact) mass is 298 g/mol. The van der Waals surface area contributed by atoms with Crippen molar-refractivity contribution in [3.63, 3.8) is 0 Å². The SMILES string of the molecule is Cc1nc(-c2cccc(NCc3c(C)n[nH]c3C)c2)cs1. The number of hydrogen-bond donors (Lipinski definition) is 2. The summed E-state index contributed by atoms with van der Waals surface area (Å²) in [7, 11) is 0. The number of aromatic nitrogens is 3. The van der Waals surface area contributed by atoms with Crippen LogP contribution in [0.25, 0.3) is 11.3 Å². The Morgan fingerprint density at radius 3 is 2.76 bits per heavy atom. The first-order chi connectivity index (χ1) is 10.1. The van der Waals surface area contributed by atoms with E-state index in [0.29, 0.717) is 0 Å². The van der Waals surface area contributed by atoms with E-state index in [1.165, 1.54) is 5.56 Å². The number of thiazole rings is 1. The summed E-state index contributed by atoms with van der Waals surface area (Å²) in [6.07, 6.45) is 0. The standard InChI is InChI=1S/C16H18N4S/c1-10-15(11(2)20-19-10)8-17-14-6-4-5-13(7-14)16-9-21-12(3)18-16/h4-7,9,17H,8H2,1-3H3,(H,19,20). The Hall–Kier alpha value is -2.14. The number of benzene rings is 1. The molecule has 0 fully saturated rings. The van der Waals surface area contributed by atoms with Crippen molar-refractivity contribution in [1.29, 1.82) is 0 Å².